The van der Waals surface area contributed by atoms with Crippen LogP contribution in [0.2, 0.25) is 0 Å². The van der Waals surface area contributed by atoms with E-state index in [1.165, 1.54) is 6.08 Å². The quantitative estimate of drug-likeness (QED) is 0.462. The van der Waals surface area contributed by atoms with Gasteiger partial charge in [-0.25, -0.2) is 4.79 Å². The fourth-order valence-electron chi connectivity index (χ4n) is 0.816. The zero-order valence-electron chi connectivity index (χ0n) is 6.24. The van der Waals surface area contributed by atoms with Crippen molar-refractivity contribution in [2.24, 2.45) is 4.99 Å². The van der Waals surface area contributed by atoms with Crippen LogP contribution in [0, 0.1) is 6.07 Å². The molecule has 1 aromatic carbocycles. The van der Waals surface area contributed by atoms with Gasteiger partial charge in [0.1, 0.15) is 0 Å². The Kier molecular flexibility index (Phi) is 2.59. The Labute approximate surface area is 65.6 Å². The largest absolute Gasteiger partial charge is 0.235 e. The predicted molar refractivity (Wildman–Crippen MR) is 41.8 cm³/mol. The average molecular weight is 146 g/mol. The summed E-state index contributed by atoms with van der Waals surface area (Å²) in [5, 5.41) is 0. The first kappa shape index (κ1) is 7.70. The summed E-state index contributed by atoms with van der Waals surface area (Å²) < 4.78 is 0. The van der Waals surface area contributed by atoms with Crippen molar-refractivity contribution in [2.75, 3.05) is 0 Å². The molecular formula is C9H8NO. The van der Waals surface area contributed by atoms with Crippen LogP contribution in [0.25, 0.3) is 0 Å². The van der Waals surface area contributed by atoms with Gasteiger partial charge >= 0.3 is 0 Å². The number of aliphatic imine (C=N–C) groups is 1. The Morgan fingerprint density at radius 3 is 3.00 bits per heavy atom. The maximum Gasteiger partial charge on any atom is 0.235 e. The lowest BCUT2D eigenvalue weighted by atomic mass is 10.1. The lowest BCUT2D eigenvalue weighted by Gasteiger charge is -2.00. The van der Waals surface area contributed by atoms with Crippen LogP contribution in [0.3, 0.4) is 0 Å². The molecule has 1 unspecified atom stereocenters. The Morgan fingerprint density at radius 1 is 1.64 bits per heavy atom. The van der Waals surface area contributed by atoms with Crippen LogP contribution < -0.4 is 0 Å². The third kappa shape index (κ3) is 2.03. The van der Waals surface area contributed by atoms with Crippen molar-refractivity contribution in [3.8, 4) is 0 Å². The lowest BCUT2D eigenvalue weighted by Crippen LogP contribution is -1.87. The summed E-state index contributed by atoms with van der Waals surface area (Å²) in [7, 11) is 0. The van der Waals surface area contributed by atoms with Gasteiger partial charge in [0.05, 0.1) is 6.04 Å². The normalized spacial score (nSPS) is 11.7. The predicted octanol–water partition coefficient (Wildman–Crippen LogP) is 1.88. The molecule has 1 atom stereocenters. The summed E-state index contributed by atoms with van der Waals surface area (Å²) >= 11 is 0. The monoisotopic (exact) mass is 146 g/mol. The van der Waals surface area contributed by atoms with E-state index in [-0.39, 0.29) is 6.04 Å². The van der Waals surface area contributed by atoms with E-state index in [0.29, 0.717) is 0 Å². The molecule has 0 N–H and O–H groups in total. The number of benzene rings is 1. The van der Waals surface area contributed by atoms with Crippen molar-refractivity contribution in [3.63, 3.8) is 0 Å². The molecule has 11 heavy (non-hydrogen) atoms. The van der Waals surface area contributed by atoms with Crippen molar-refractivity contribution >= 4 is 6.08 Å². The minimum Gasteiger partial charge on any atom is -0.211 e. The van der Waals surface area contributed by atoms with Gasteiger partial charge in [0.25, 0.3) is 0 Å². The van der Waals surface area contributed by atoms with Gasteiger partial charge in [0, 0.05) is 0 Å². The number of nitrogens with zero attached hydrogens (tertiary/aromatic N) is 1. The van der Waals surface area contributed by atoms with Crippen LogP contribution in [0.15, 0.2) is 29.3 Å². The highest BCUT2D eigenvalue weighted by Gasteiger charge is 2.00. The SMILES string of the molecule is CC(N=C=O)c1[c]cccc1. The number of hydrogen-bond donors (Lipinski definition) is 0. The van der Waals surface area contributed by atoms with Gasteiger partial charge in [-0.15, -0.1) is 0 Å². The van der Waals surface area contributed by atoms with Gasteiger partial charge in [0.15, 0.2) is 0 Å². The molecule has 55 valence electrons. The molecule has 0 amide bonds. The van der Waals surface area contributed by atoms with Crippen LogP contribution in [-0.4, -0.2) is 6.08 Å². The smallest absolute Gasteiger partial charge is 0.211 e. The van der Waals surface area contributed by atoms with E-state index in [0.717, 1.165) is 5.56 Å². The van der Waals surface area contributed by atoms with E-state index in [1.54, 1.807) is 6.07 Å². The highest BCUT2D eigenvalue weighted by atomic mass is 16.1. The summed E-state index contributed by atoms with van der Waals surface area (Å²) in [5.41, 5.74) is 0.913. The zero-order valence-corrected chi connectivity index (χ0v) is 6.24. The molecule has 0 spiro atoms. The minimum atomic E-state index is -0.131. The van der Waals surface area contributed by atoms with Crippen LogP contribution in [0.1, 0.15) is 18.5 Å². The Hall–Kier alpha value is -1.40. The lowest BCUT2D eigenvalue weighted by molar-refractivity contribution is 0.559. The maximum absolute atomic E-state index is 9.88. The van der Waals surface area contributed by atoms with E-state index in [1.807, 2.05) is 25.1 Å². The second kappa shape index (κ2) is 3.69. The standard InChI is InChI=1S/C9H8NO/c1-8(10-7-11)9-5-3-2-4-6-9/h2-5,8H,1H3. The van der Waals surface area contributed by atoms with Crippen molar-refractivity contribution in [3.05, 3.63) is 35.9 Å². The topological polar surface area (TPSA) is 29.4 Å². The van der Waals surface area contributed by atoms with Gasteiger partial charge in [-0.05, 0) is 18.6 Å². The molecule has 0 aliphatic heterocycles. The average Bonchev–Trinajstić information content (AvgIpc) is 2.07. The molecule has 0 saturated carbocycles. The van der Waals surface area contributed by atoms with Gasteiger partial charge in [-0.3, -0.25) is 0 Å². The van der Waals surface area contributed by atoms with Crippen molar-refractivity contribution in [1.29, 1.82) is 0 Å². The van der Waals surface area contributed by atoms with Gasteiger partial charge < -0.3 is 0 Å². The molecule has 2 nitrogen and oxygen atoms in total. The maximum atomic E-state index is 9.88. The summed E-state index contributed by atoms with van der Waals surface area (Å²) in [6, 6.07) is 10.3. The van der Waals surface area contributed by atoms with Gasteiger partial charge in [0.2, 0.25) is 6.08 Å². The van der Waals surface area contributed by atoms with E-state index in [2.05, 4.69) is 11.1 Å². The van der Waals surface area contributed by atoms with Crippen LogP contribution in [0.4, 0.5) is 0 Å². The van der Waals surface area contributed by atoms with Crippen molar-refractivity contribution in [2.45, 2.75) is 13.0 Å². The third-order valence-corrected chi connectivity index (χ3v) is 1.43. The molecule has 0 saturated heterocycles. The third-order valence-electron chi connectivity index (χ3n) is 1.43. The first-order chi connectivity index (χ1) is 5.34. The Bertz CT molecular complexity index is 262. The number of isocyanates is 1. The van der Waals surface area contributed by atoms with Crippen LogP contribution >= 0.6 is 0 Å². The molecule has 2 heteroatoms. The number of rotatable bonds is 2. The molecule has 0 aromatic heterocycles. The first-order valence-corrected chi connectivity index (χ1v) is 3.38. The van der Waals surface area contributed by atoms with Gasteiger partial charge in [-0.1, -0.05) is 24.3 Å². The summed E-state index contributed by atoms with van der Waals surface area (Å²) in [6.07, 6.45) is 1.52. The van der Waals surface area contributed by atoms with Crippen molar-refractivity contribution < 1.29 is 4.79 Å². The summed E-state index contributed by atoms with van der Waals surface area (Å²) in [5.74, 6) is 0. The molecule has 0 aliphatic rings. The van der Waals surface area contributed by atoms with E-state index < -0.39 is 0 Å². The Balaban J connectivity index is 2.84. The highest BCUT2D eigenvalue weighted by Crippen LogP contribution is 2.13. The molecule has 0 bridgehead atoms. The molecular weight excluding hydrogens is 138 g/mol. The van der Waals surface area contributed by atoms with E-state index in [4.69, 9.17) is 0 Å². The molecule has 0 aliphatic carbocycles. The van der Waals surface area contributed by atoms with E-state index >= 15 is 0 Å². The van der Waals surface area contributed by atoms with Crippen molar-refractivity contribution in [1.82, 2.24) is 0 Å². The molecule has 0 heterocycles. The summed E-state index contributed by atoms with van der Waals surface area (Å²) in [4.78, 5) is 13.4. The second-order valence-corrected chi connectivity index (χ2v) is 2.21. The Morgan fingerprint density at radius 2 is 2.45 bits per heavy atom. The molecule has 0 fully saturated rings. The highest BCUT2D eigenvalue weighted by molar-refractivity contribution is 5.35. The first-order valence-electron chi connectivity index (χ1n) is 3.38. The number of hydrogen-bond acceptors (Lipinski definition) is 2. The number of carbonyl (C=O) groups excluding carboxylic acids is 1. The van der Waals surface area contributed by atoms with Crippen LogP contribution in [0.5, 0.6) is 0 Å². The second-order valence-electron chi connectivity index (χ2n) is 2.21. The fourth-order valence-corrected chi connectivity index (χ4v) is 0.816. The van der Waals surface area contributed by atoms with E-state index in [9.17, 15) is 4.79 Å². The van der Waals surface area contributed by atoms with Gasteiger partial charge in [-0.2, -0.15) is 4.99 Å². The van der Waals surface area contributed by atoms with Crippen LogP contribution in [-0.2, 0) is 4.79 Å². The zero-order chi connectivity index (χ0) is 8.10. The minimum absolute atomic E-state index is 0.131. The fraction of sp³-hybridized carbons (Fsp3) is 0.222. The molecule has 1 aromatic rings. The summed E-state index contributed by atoms with van der Waals surface area (Å²) in [6.45, 7) is 1.83. The molecule has 1 rings (SSSR count). The molecule has 1 radical (unpaired) electrons.